The highest BCUT2D eigenvalue weighted by molar-refractivity contribution is 8.18. The summed E-state index contributed by atoms with van der Waals surface area (Å²) in [5.41, 5.74) is 1.80. The maximum atomic E-state index is 12.4. The Labute approximate surface area is 164 Å². The van der Waals surface area contributed by atoms with Gasteiger partial charge in [-0.05, 0) is 54.1 Å². The van der Waals surface area contributed by atoms with Gasteiger partial charge in [0, 0.05) is 19.2 Å². The Kier molecular flexibility index (Phi) is 5.27. The smallest absolute Gasteiger partial charge is 0.337 e. The molecule has 8 nitrogen and oxygen atoms in total. The van der Waals surface area contributed by atoms with Gasteiger partial charge in [-0.1, -0.05) is 12.1 Å². The molecule has 0 aliphatic carbocycles. The van der Waals surface area contributed by atoms with Crippen molar-refractivity contribution >= 4 is 45.8 Å². The van der Waals surface area contributed by atoms with Crippen molar-refractivity contribution in [2.75, 3.05) is 11.9 Å². The number of anilines is 1. The number of hydrogen-bond donors (Lipinski definition) is 1. The zero-order chi connectivity index (χ0) is 20.4. The first kappa shape index (κ1) is 19.3. The molecule has 1 aliphatic rings. The number of nitro benzene ring substituents is 1. The quantitative estimate of drug-likeness (QED) is 0.474. The van der Waals surface area contributed by atoms with Gasteiger partial charge in [0.15, 0.2) is 5.17 Å². The highest BCUT2D eigenvalue weighted by Gasteiger charge is 2.28. The minimum absolute atomic E-state index is 0.0334. The van der Waals surface area contributed by atoms with Crippen LogP contribution in [0, 0.1) is 10.1 Å². The number of para-hydroxylation sites is 1. The van der Waals surface area contributed by atoms with E-state index < -0.39 is 16.8 Å². The molecule has 28 heavy (non-hydrogen) atoms. The molecule has 1 aliphatic heterocycles. The van der Waals surface area contributed by atoms with Crippen LogP contribution in [0.25, 0.3) is 5.57 Å². The van der Waals surface area contributed by atoms with Crippen LogP contribution >= 0.6 is 11.8 Å². The van der Waals surface area contributed by atoms with Crippen molar-refractivity contribution in [3.05, 3.63) is 74.7 Å². The summed E-state index contributed by atoms with van der Waals surface area (Å²) in [5.74, 6) is -1.51. The summed E-state index contributed by atoms with van der Waals surface area (Å²) >= 11 is 1.13. The normalized spacial score (nSPS) is 15.2. The maximum Gasteiger partial charge on any atom is 0.337 e. The Bertz CT molecular complexity index is 1040. The number of carbonyl (C=O) groups is 2. The van der Waals surface area contributed by atoms with Gasteiger partial charge >= 0.3 is 5.97 Å². The lowest BCUT2D eigenvalue weighted by atomic mass is 10.1. The average Bonchev–Trinajstić information content (AvgIpc) is 3.08. The van der Waals surface area contributed by atoms with Crippen molar-refractivity contribution in [3.8, 4) is 0 Å². The molecule has 0 unspecified atom stereocenters. The molecule has 0 bridgehead atoms. The number of allylic oxidation sites excluding steroid dienone is 1. The highest BCUT2D eigenvalue weighted by Crippen LogP contribution is 2.36. The van der Waals surface area contributed by atoms with E-state index in [0.29, 0.717) is 26.9 Å². The van der Waals surface area contributed by atoms with Crippen LogP contribution in [0.15, 0.2) is 58.4 Å². The molecule has 0 aromatic heterocycles. The number of nitrogens with zero attached hydrogens (tertiary/aromatic N) is 3. The fourth-order valence-corrected chi connectivity index (χ4v) is 3.64. The lowest BCUT2D eigenvalue weighted by molar-refractivity contribution is -0.384. The van der Waals surface area contributed by atoms with Crippen LogP contribution in [0.1, 0.15) is 22.8 Å². The summed E-state index contributed by atoms with van der Waals surface area (Å²) in [7, 11) is 1.64. The Morgan fingerprint density at radius 2 is 1.82 bits per heavy atom. The third-order valence-electron chi connectivity index (χ3n) is 4.22. The lowest BCUT2D eigenvalue weighted by Crippen LogP contribution is -2.24. The summed E-state index contributed by atoms with van der Waals surface area (Å²) in [6, 6.07) is 12.4. The van der Waals surface area contributed by atoms with Crippen molar-refractivity contribution < 1.29 is 19.6 Å². The second-order valence-electron chi connectivity index (χ2n) is 5.94. The standard InChI is InChI=1S/C19H15N3O5S/c1-11(12-7-9-13(10-8-12)22(26)27)16-17(23)20-19(28-16)21(2)15-6-4-3-5-14(15)18(24)25/h3-10H,1-2H3,(H,24,25)/b16-11-. The number of amidine groups is 1. The Morgan fingerprint density at radius 1 is 1.18 bits per heavy atom. The molecule has 3 rings (SSSR count). The van der Waals surface area contributed by atoms with Gasteiger partial charge in [-0.2, -0.15) is 4.99 Å². The van der Waals surface area contributed by atoms with Crippen molar-refractivity contribution in [2.24, 2.45) is 4.99 Å². The first-order chi connectivity index (χ1) is 13.3. The van der Waals surface area contributed by atoms with Crippen molar-refractivity contribution in [1.82, 2.24) is 0 Å². The highest BCUT2D eigenvalue weighted by atomic mass is 32.2. The van der Waals surface area contributed by atoms with Crippen LogP contribution in [0.4, 0.5) is 11.4 Å². The monoisotopic (exact) mass is 397 g/mol. The van der Waals surface area contributed by atoms with Crippen LogP contribution in [-0.2, 0) is 4.79 Å². The molecule has 0 saturated carbocycles. The molecule has 0 saturated heterocycles. The SMILES string of the molecule is C/C(=C1/SC(N(C)c2ccccc2C(=O)O)=NC1=O)c1ccc([N+](=O)[O-])cc1. The molecule has 0 radical (unpaired) electrons. The molecule has 0 spiro atoms. The minimum atomic E-state index is -1.07. The number of aliphatic imine (C=N–C) groups is 1. The fraction of sp³-hybridized carbons (Fsp3) is 0.105. The van der Waals surface area contributed by atoms with Gasteiger partial charge in [0.1, 0.15) is 0 Å². The van der Waals surface area contributed by atoms with E-state index in [1.807, 2.05) is 0 Å². The number of non-ortho nitro benzene ring substituents is 1. The van der Waals surface area contributed by atoms with Crippen LogP contribution in [0.5, 0.6) is 0 Å². The summed E-state index contributed by atoms with van der Waals surface area (Å²) in [4.78, 5) is 40.1. The molecule has 2 aromatic carbocycles. The molecule has 0 fully saturated rings. The van der Waals surface area contributed by atoms with E-state index >= 15 is 0 Å². The Hall–Kier alpha value is -3.46. The van der Waals surface area contributed by atoms with Crippen LogP contribution in [0.3, 0.4) is 0 Å². The van der Waals surface area contributed by atoms with E-state index in [9.17, 15) is 24.8 Å². The Morgan fingerprint density at radius 3 is 2.43 bits per heavy atom. The zero-order valence-electron chi connectivity index (χ0n) is 14.9. The summed E-state index contributed by atoms with van der Waals surface area (Å²) in [5, 5.41) is 20.5. The van der Waals surface area contributed by atoms with E-state index in [0.717, 1.165) is 11.8 Å². The molecular formula is C19H15N3O5S. The molecule has 9 heteroatoms. The number of amides is 1. The number of carbonyl (C=O) groups excluding carboxylic acids is 1. The average molecular weight is 397 g/mol. The molecule has 142 valence electrons. The number of rotatable bonds is 4. The third-order valence-corrected chi connectivity index (χ3v) is 5.45. The molecular weight excluding hydrogens is 382 g/mol. The number of benzene rings is 2. The van der Waals surface area contributed by atoms with E-state index in [-0.39, 0.29) is 11.3 Å². The van der Waals surface area contributed by atoms with Gasteiger partial charge in [0.2, 0.25) is 0 Å². The van der Waals surface area contributed by atoms with E-state index in [4.69, 9.17) is 0 Å². The van der Waals surface area contributed by atoms with Crippen LogP contribution < -0.4 is 4.90 Å². The maximum absolute atomic E-state index is 12.4. The van der Waals surface area contributed by atoms with Crippen molar-refractivity contribution in [3.63, 3.8) is 0 Å². The van der Waals surface area contributed by atoms with Crippen molar-refractivity contribution in [2.45, 2.75) is 6.92 Å². The number of nitro groups is 1. The van der Waals surface area contributed by atoms with E-state index in [1.165, 1.54) is 18.2 Å². The predicted octanol–water partition coefficient (Wildman–Crippen LogP) is 3.79. The van der Waals surface area contributed by atoms with E-state index in [1.54, 1.807) is 49.2 Å². The summed E-state index contributed by atoms with van der Waals surface area (Å²) in [6.45, 7) is 1.74. The lowest BCUT2D eigenvalue weighted by Gasteiger charge is -2.19. The summed E-state index contributed by atoms with van der Waals surface area (Å²) in [6.07, 6.45) is 0. The van der Waals surface area contributed by atoms with Gasteiger partial charge in [-0.25, -0.2) is 4.79 Å². The van der Waals surface area contributed by atoms with E-state index in [2.05, 4.69) is 4.99 Å². The van der Waals surface area contributed by atoms with Crippen LogP contribution in [0.2, 0.25) is 0 Å². The molecule has 1 amide bonds. The molecule has 1 N–H and O–H groups in total. The van der Waals surface area contributed by atoms with Gasteiger partial charge in [0.05, 0.1) is 21.1 Å². The molecule has 1 heterocycles. The van der Waals surface area contributed by atoms with Crippen LogP contribution in [-0.4, -0.2) is 34.1 Å². The largest absolute Gasteiger partial charge is 0.478 e. The minimum Gasteiger partial charge on any atom is -0.478 e. The number of thioether (sulfide) groups is 1. The first-order valence-corrected chi connectivity index (χ1v) is 8.94. The topological polar surface area (TPSA) is 113 Å². The number of carboxylic acid groups (broad SMARTS) is 1. The number of hydrogen-bond acceptors (Lipinski definition) is 6. The third kappa shape index (κ3) is 3.65. The first-order valence-electron chi connectivity index (χ1n) is 8.12. The Balaban J connectivity index is 1.90. The van der Waals surface area contributed by atoms with Gasteiger partial charge < -0.3 is 10.0 Å². The second kappa shape index (κ2) is 7.65. The van der Waals surface area contributed by atoms with Gasteiger partial charge in [-0.15, -0.1) is 0 Å². The second-order valence-corrected chi connectivity index (χ2v) is 6.92. The van der Waals surface area contributed by atoms with Crippen molar-refractivity contribution in [1.29, 1.82) is 0 Å². The predicted molar refractivity (Wildman–Crippen MR) is 108 cm³/mol. The number of aromatic carboxylic acids is 1. The van der Waals surface area contributed by atoms with Gasteiger partial charge in [-0.3, -0.25) is 14.9 Å². The van der Waals surface area contributed by atoms with Gasteiger partial charge in [0.25, 0.3) is 11.6 Å². The summed E-state index contributed by atoms with van der Waals surface area (Å²) < 4.78 is 0. The zero-order valence-corrected chi connectivity index (χ0v) is 15.8. The number of carboxylic acids is 1. The molecule has 2 aromatic rings. The molecule has 0 atom stereocenters. The fourth-order valence-electron chi connectivity index (χ4n) is 2.69.